The molecule has 1 aromatic rings. The number of carbonyl (C=O) groups is 2. The highest BCUT2D eigenvalue weighted by Crippen LogP contribution is 2.18. The number of carbonyl (C=O) groups excluding carboxylic acids is 1. The second kappa shape index (κ2) is 3.96. The number of aliphatic carboxylic acids is 1. The van der Waals surface area contributed by atoms with Crippen molar-refractivity contribution in [3.63, 3.8) is 0 Å². The van der Waals surface area contributed by atoms with E-state index in [1.165, 1.54) is 6.20 Å². The summed E-state index contributed by atoms with van der Waals surface area (Å²) in [6, 6.07) is 0. The topological polar surface area (TPSA) is 75.4 Å². The number of hydrogen-bond acceptors (Lipinski definition) is 3. The summed E-state index contributed by atoms with van der Waals surface area (Å²) in [5.41, 5.74) is 0.492. The standard InChI is InChI=1S/C10H13N3O3/c1-12-6-11-4-8(12)9(14)13-3-2-7(5-13)10(15)16/h4,6-7H,2-3,5H2,1H3,(H,15,16). The van der Waals surface area contributed by atoms with Crippen LogP contribution in [0.1, 0.15) is 16.9 Å². The second-order valence-corrected chi connectivity index (χ2v) is 3.96. The van der Waals surface area contributed by atoms with Crippen LogP contribution < -0.4 is 0 Å². The fourth-order valence-electron chi connectivity index (χ4n) is 1.87. The van der Waals surface area contributed by atoms with Gasteiger partial charge in [-0.25, -0.2) is 4.98 Å². The summed E-state index contributed by atoms with van der Waals surface area (Å²) in [6.45, 7) is 0.792. The average Bonchev–Trinajstić information content (AvgIpc) is 2.84. The first kappa shape index (κ1) is 10.7. The number of rotatable bonds is 2. The highest BCUT2D eigenvalue weighted by atomic mass is 16.4. The van der Waals surface area contributed by atoms with E-state index >= 15 is 0 Å². The molecule has 86 valence electrons. The molecule has 1 aromatic heterocycles. The molecular weight excluding hydrogens is 210 g/mol. The van der Waals surface area contributed by atoms with E-state index in [4.69, 9.17) is 5.11 Å². The van der Waals surface area contributed by atoms with Crippen LogP contribution in [0.15, 0.2) is 12.5 Å². The smallest absolute Gasteiger partial charge is 0.308 e. The van der Waals surface area contributed by atoms with Gasteiger partial charge in [-0.15, -0.1) is 0 Å². The van der Waals surface area contributed by atoms with Crippen molar-refractivity contribution in [2.45, 2.75) is 6.42 Å². The van der Waals surface area contributed by atoms with Crippen LogP contribution in [0.3, 0.4) is 0 Å². The third kappa shape index (κ3) is 1.78. The van der Waals surface area contributed by atoms with E-state index < -0.39 is 11.9 Å². The average molecular weight is 223 g/mol. The molecule has 2 rings (SSSR count). The number of nitrogens with zero attached hydrogens (tertiary/aromatic N) is 3. The first-order chi connectivity index (χ1) is 7.59. The Kier molecular flexibility index (Phi) is 2.64. The Hall–Kier alpha value is -1.85. The Morgan fingerprint density at radius 1 is 1.56 bits per heavy atom. The highest BCUT2D eigenvalue weighted by molar-refractivity contribution is 5.93. The Balaban J connectivity index is 2.08. The van der Waals surface area contributed by atoms with Gasteiger partial charge in [0, 0.05) is 20.1 Å². The third-order valence-electron chi connectivity index (χ3n) is 2.86. The van der Waals surface area contributed by atoms with Gasteiger partial charge in [0.15, 0.2) is 0 Å². The highest BCUT2D eigenvalue weighted by Gasteiger charge is 2.31. The van der Waals surface area contributed by atoms with Crippen LogP contribution in [0.25, 0.3) is 0 Å². The lowest BCUT2D eigenvalue weighted by Gasteiger charge is -2.15. The van der Waals surface area contributed by atoms with Crippen molar-refractivity contribution in [1.82, 2.24) is 14.5 Å². The van der Waals surface area contributed by atoms with Crippen LogP contribution in [0, 0.1) is 5.92 Å². The van der Waals surface area contributed by atoms with Crippen molar-refractivity contribution in [2.24, 2.45) is 13.0 Å². The number of carboxylic acid groups (broad SMARTS) is 1. The molecule has 0 bridgehead atoms. The van der Waals surface area contributed by atoms with Crippen LogP contribution >= 0.6 is 0 Å². The molecule has 0 aromatic carbocycles. The number of imidazole rings is 1. The second-order valence-electron chi connectivity index (χ2n) is 3.96. The number of carboxylic acids is 1. The minimum absolute atomic E-state index is 0.149. The zero-order valence-electron chi connectivity index (χ0n) is 8.96. The van der Waals surface area contributed by atoms with Crippen molar-refractivity contribution in [1.29, 1.82) is 0 Å². The lowest BCUT2D eigenvalue weighted by atomic mass is 10.1. The van der Waals surface area contributed by atoms with Crippen LogP contribution in [0.4, 0.5) is 0 Å². The summed E-state index contributed by atoms with van der Waals surface area (Å²) in [7, 11) is 1.74. The van der Waals surface area contributed by atoms with Gasteiger partial charge in [0.05, 0.1) is 18.4 Å². The molecule has 0 aliphatic carbocycles. The molecule has 6 heteroatoms. The first-order valence-corrected chi connectivity index (χ1v) is 5.08. The molecule has 1 amide bonds. The zero-order valence-corrected chi connectivity index (χ0v) is 8.96. The molecule has 1 atom stereocenters. The molecular formula is C10H13N3O3. The maximum Gasteiger partial charge on any atom is 0.308 e. The van der Waals surface area contributed by atoms with E-state index in [0.29, 0.717) is 25.2 Å². The number of aromatic nitrogens is 2. The van der Waals surface area contributed by atoms with E-state index in [2.05, 4.69) is 4.98 Å². The van der Waals surface area contributed by atoms with Crippen molar-refractivity contribution >= 4 is 11.9 Å². The van der Waals surface area contributed by atoms with Crippen LogP contribution in [-0.2, 0) is 11.8 Å². The van der Waals surface area contributed by atoms with Crippen molar-refractivity contribution < 1.29 is 14.7 Å². The Morgan fingerprint density at radius 2 is 2.31 bits per heavy atom. The van der Waals surface area contributed by atoms with Gasteiger partial charge in [0.25, 0.3) is 5.91 Å². The Morgan fingerprint density at radius 3 is 2.81 bits per heavy atom. The van der Waals surface area contributed by atoms with Gasteiger partial charge in [0.1, 0.15) is 5.69 Å². The minimum Gasteiger partial charge on any atom is -0.481 e. The summed E-state index contributed by atoms with van der Waals surface area (Å²) >= 11 is 0. The van der Waals surface area contributed by atoms with Gasteiger partial charge < -0.3 is 14.6 Å². The van der Waals surface area contributed by atoms with Crippen molar-refractivity contribution in [3.05, 3.63) is 18.2 Å². The SMILES string of the molecule is Cn1cncc1C(=O)N1CCC(C(=O)O)C1. The maximum absolute atomic E-state index is 12.0. The summed E-state index contributed by atoms with van der Waals surface area (Å²) in [5.74, 6) is -1.42. The summed E-state index contributed by atoms with van der Waals surface area (Å²) in [5, 5.41) is 8.84. The fraction of sp³-hybridized carbons (Fsp3) is 0.500. The largest absolute Gasteiger partial charge is 0.481 e. The lowest BCUT2D eigenvalue weighted by molar-refractivity contribution is -0.141. The van der Waals surface area contributed by atoms with Gasteiger partial charge in [-0.05, 0) is 6.42 Å². The molecule has 1 fully saturated rings. The molecule has 1 saturated heterocycles. The Bertz CT molecular complexity index is 427. The molecule has 0 saturated carbocycles. The molecule has 1 unspecified atom stereocenters. The number of aryl methyl sites for hydroxylation is 1. The van der Waals surface area contributed by atoms with Gasteiger partial charge in [0.2, 0.25) is 0 Å². The van der Waals surface area contributed by atoms with E-state index in [9.17, 15) is 9.59 Å². The summed E-state index contributed by atoms with van der Waals surface area (Å²) in [4.78, 5) is 28.2. The third-order valence-corrected chi connectivity index (χ3v) is 2.86. The molecule has 1 aliphatic rings. The lowest BCUT2D eigenvalue weighted by Crippen LogP contribution is -2.31. The van der Waals surface area contributed by atoms with Gasteiger partial charge >= 0.3 is 5.97 Å². The van der Waals surface area contributed by atoms with E-state index in [1.807, 2.05) is 0 Å². The number of amides is 1. The fourth-order valence-corrected chi connectivity index (χ4v) is 1.87. The molecule has 16 heavy (non-hydrogen) atoms. The van der Waals surface area contributed by atoms with E-state index in [0.717, 1.165) is 0 Å². The Labute approximate surface area is 92.5 Å². The van der Waals surface area contributed by atoms with Gasteiger partial charge in [-0.1, -0.05) is 0 Å². The minimum atomic E-state index is -0.833. The predicted molar refractivity (Wildman–Crippen MR) is 54.9 cm³/mol. The van der Waals surface area contributed by atoms with Crippen LogP contribution in [-0.4, -0.2) is 44.5 Å². The molecule has 0 radical (unpaired) electrons. The quantitative estimate of drug-likeness (QED) is 0.763. The zero-order chi connectivity index (χ0) is 11.7. The first-order valence-electron chi connectivity index (χ1n) is 5.08. The van der Waals surface area contributed by atoms with E-state index in [-0.39, 0.29) is 5.91 Å². The summed E-state index contributed by atoms with van der Waals surface area (Å²) in [6.07, 6.45) is 3.58. The van der Waals surface area contributed by atoms with Crippen LogP contribution in [0.2, 0.25) is 0 Å². The number of likely N-dealkylation sites (tertiary alicyclic amines) is 1. The van der Waals surface area contributed by atoms with Gasteiger partial charge in [-0.3, -0.25) is 9.59 Å². The number of hydrogen-bond donors (Lipinski definition) is 1. The van der Waals surface area contributed by atoms with Crippen LogP contribution in [0.5, 0.6) is 0 Å². The van der Waals surface area contributed by atoms with E-state index in [1.54, 1.807) is 22.8 Å². The predicted octanol–water partition coefficient (Wildman–Crippen LogP) is -0.0332. The van der Waals surface area contributed by atoms with Crippen molar-refractivity contribution in [3.8, 4) is 0 Å². The monoisotopic (exact) mass is 223 g/mol. The molecule has 0 spiro atoms. The van der Waals surface area contributed by atoms with Crippen molar-refractivity contribution in [2.75, 3.05) is 13.1 Å². The normalized spacial score (nSPS) is 20.1. The summed E-state index contributed by atoms with van der Waals surface area (Å²) < 4.78 is 1.64. The molecule has 1 aliphatic heterocycles. The molecule has 2 heterocycles. The molecule has 1 N–H and O–H groups in total. The maximum atomic E-state index is 12.0. The molecule has 6 nitrogen and oxygen atoms in total. The van der Waals surface area contributed by atoms with Gasteiger partial charge in [-0.2, -0.15) is 0 Å².